The van der Waals surface area contributed by atoms with Crippen LogP contribution >= 0.6 is 0 Å². The Balaban J connectivity index is -0.0000000150. The molecule has 0 saturated carbocycles. The fourth-order valence-corrected chi connectivity index (χ4v) is 0. The molecule has 4 heteroatoms. The average Bonchev–Trinajstić information content (AvgIpc) is 0.811. The summed E-state index contributed by atoms with van der Waals surface area (Å²) in [6.07, 6.45) is 0. The van der Waals surface area contributed by atoms with Crippen molar-refractivity contribution in [3.63, 3.8) is 0 Å². The van der Waals surface area contributed by atoms with Gasteiger partial charge in [-0.05, 0) is 21.1 Å². The van der Waals surface area contributed by atoms with E-state index >= 15 is 0 Å². The Morgan fingerprint density at radius 2 is 0.714 bits per heavy atom. The molecule has 0 unspecified atom stereocenters. The van der Waals surface area contributed by atoms with E-state index < -0.39 is 0 Å². The Morgan fingerprint density at radius 1 is 0.714 bits per heavy atom. The van der Waals surface area contributed by atoms with Crippen LogP contribution in [0.2, 0.25) is 0 Å². The Labute approximate surface area is 63.7 Å². The number of hydrogen-bond donors (Lipinski definition) is 0. The van der Waals surface area contributed by atoms with Crippen LogP contribution in [-0.4, -0.2) is 26.0 Å². The zero-order valence-corrected chi connectivity index (χ0v) is 7.47. The lowest BCUT2D eigenvalue weighted by molar-refractivity contribution is -0.00100. The van der Waals surface area contributed by atoms with E-state index in [0.717, 1.165) is 0 Å². The monoisotopic (exact) mass is 170 g/mol. The molecular formula is C3H15Cl3N+3. The lowest BCUT2D eigenvalue weighted by atomic mass is 11.0. The lowest BCUT2D eigenvalue weighted by Crippen LogP contribution is -1.99. The molecule has 0 heterocycles. The Bertz CT molecular complexity index is 14.9. The smallest absolute Gasteiger partial charge is 0.0903 e. The highest BCUT2D eigenvalue weighted by molar-refractivity contribution is 4.09. The molecule has 0 fully saturated rings. The van der Waals surface area contributed by atoms with Gasteiger partial charge in [-0.1, -0.05) is 0 Å². The molecule has 0 spiro atoms. The fourth-order valence-electron chi connectivity index (χ4n) is 0. The maximum Gasteiger partial charge on any atom is 0.0903 e. The first kappa shape index (κ1) is 24.9. The summed E-state index contributed by atoms with van der Waals surface area (Å²) in [5.74, 6) is 0. The first-order valence-electron chi connectivity index (χ1n) is 1.34. The van der Waals surface area contributed by atoms with E-state index in [9.17, 15) is 0 Å². The van der Waals surface area contributed by atoms with Crippen LogP contribution in [0.1, 0.15) is 0 Å². The van der Waals surface area contributed by atoms with E-state index in [1.54, 1.807) is 0 Å². The summed E-state index contributed by atoms with van der Waals surface area (Å²) in [7, 11) is 6.00. The lowest BCUT2D eigenvalue weighted by Gasteiger charge is -1.90. The summed E-state index contributed by atoms with van der Waals surface area (Å²) in [6, 6.07) is 0. The van der Waals surface area contributed by atoms with Crippen molar-refractivity contribution < 1.29 is 37.2 Å². The Morgan fingerprint density at radius 3 is 0.714 bits per heavy atom. The quantitative estimate of drug-likeness (QED) is 0.432. The second-order valence-corrected chi connectivity index (χ2v) is 1.34. The van der Waals surface area contributed by atoms with Gasteiger partial charge in [-0.3, -0.25) is 0 Å². The van der Waals surface area contributed by atoms with Crippen molar-refractivity contribution in [1.82, 2.24) is 4.90 Å². The molecular weight excluding hydrogens is 156 g/mol. The molecule has 0 aliphatic carbocycles. The molecule has 0 saturated heterocycles. The van der Waals surface area contributed by atoms with Crippen molar-refractivity contribution in [2.45, 2.75) is 0 Å². The van der Waals surface area contributed by atoms with Crippen LogP contribution in [0.4, 0.5) is 0 Å². The van der Waals surface area contributed by atoms with Gasteiger partial charge in [0.15, 0.2) is 0 Å². The molecule has 0 radical (unpaired) electrons. The predicted molar refractivity (Wildman–Crippen MR) is 28.0 cm³/mol. The summed E-state index contributed by atoms with van der Waals surface area (Å²) in [6.45, 7) is 0. The van der Waals surface area contributed by atoms with Gasteiger partial charge >= 0.3 is 0 Å². The summed E-state index contributed by atoms with van der Waals surface area (Å²) in [5.41, 5.74) is 0. The van der Waals surface area contributed by atoms with Crippen molar-refractivity contribution in [1.29, 1.82) is 0 Å². The van der Waals surface area contributed by atoms with Crippen LogP contribution in [-0.2, 0) is 0 Å². The number of hydrogen-bond acceptors (Lipinski definition) is 1. The second kappa shape index (κ2) is 15.8. The van der Waals surface area contributed by atoms with Gasteiger partial charge < -0.3 is 4.90 Å². The third kappa shape index (κ3) is 231. The first-order valence-corrected chi connectivity index (χ1v) is 1.34. The highest BCUT2D eigenvalue weighted by atomic mass is 35.5. The van der Waals surface area contributed by atoms with Crippen LogP contribution in [0.15, 0.2) is 0 Å². The van der Waals surface area contributed by atoms with Crippen molar-refractivity contribution >= 4 is 0 Å². The summed E-state index contributed by atoms with van der Waals surface area (Å²) < 4.78 is 0. The molecule has 0 aliphatic rings. The van der Waals surface area contributed by atoms with Crippen LogP contribution < -0.4 is 0 Å². The average molecular weight is 172 g/mol. The molecule has 0 rings (SSSR count). The van der Waals surface area contributed by atoms with Crippen LogP contribution in [0.3, 0.4) is 0 Å². The maximum absolute atomic E-state index is 2.00. The van der Waals surface area contributed by atoms with Gasteiger partial charge in [-0.25, -0.2) is 0 Å². The van der Waals surface area contributed by atoms with E-state index in [1.165, 1.54) is 0 Å². The molecule has 0 atom stereocenters. The van der Waals surface area contributed by atoms with E-state index in [4.69, 9.17) is 0 Å². The predicted octanol–water partition coefficient (Wildman–Crippen LogP) is -1.43. The number of halogens is 3. The van der Waals surface area contributed by atoms with Gasteiger partial charge in [-0.2, -0.15) is 0 Å². The zero-order valence-electron chi connectivity index (χ0n) is 4.79. The molecule has 0 aromatic carbocycles. The molecule has 50 valence electrons. The number of nitrogens with zero attached hydrogens (tertiary/aromatic N) is 1. The largest absolute Gasteiger partial charge is 0.312 e. The second-order valence-electron chi connectivity index (χ2n) is 1.34. The normalized spacial score (nSPS) is 5.14. The Hall–Kier alpha value is 0.830. The maximum atomic E-state index is 2.00. The third-order valence-electron chi connectivity index (χ3n) is 0. The van der Waals surface area contributed by atoms with E-state index in [-0.39, 0.29) is 37.2 Å². The highest BCUT2D eigenvalue weighted by Crippen LogP contribution is 1.47. The zero-order chi connectivity index (χ0) is 3.58. The van der Waals surface area contributed by atoms with Gasteiger partial charge in [-0.15, -0.1) is 0 Å². The molecule has 0 amide bonds. The molecule has 0 aromatic heterocycles. The molecule has 0 bridgehead atoms. The summed E-state index contributed by atoms with van der Waals surface area (Å²) >= 11 is 0. The molecule has 0 N–H and O–H groups in total. The highest BCUT2D eigenvalue weighted by Gasteiger charge is 1.58. The molecule has 0 aromatic rings. The Kier molecular flexibility index (Phi) is 56.3. The standard InChI is InChI=1S/C3H9N.3ClH2/c1-4(2)3;;;/h1-3H3;3*1H2/q;3*+1. The SMILES string of the molecule is CN(C)C.[ClH2+].[ClH2+].[ClH2+]. The minimum absolute atomic E-state index is 0. The minimum Gasteiger partial charge on any atom is -0.312 e. The third-order valence-corrected chi connectivity index (χ3v) is 0. The van der Waals surface area contributed by atoms with Crippen molar-refractivity contribution in [2.24, 2.45) is 0 Å². The number of rotatable bonds is 0. The van der Waals surface area contributed by atoms with Crippen molar-refractivity contribution in [3.8, 4) is 0 Å². The summed E-state index contributed by atoms with van der Waals surface area (Å²) in [4.78, 5) is 2.00. The van der Waals surface area contributed by atoms with Gasteiger partial charge in [0, 0.05) is 0 Å². The van der Waals surface area contributed by atoms with Crippen LogP contribution in [0.5, 0.6) is 0 Å². The van der Waals surface area contributed by atoms with Gasteiger partial charge in [0.05, 0.1) is 37.2 Å². The van der Waals surface area contributed by atoms with Gasteiger partial charge in [0.2, 0.25) is 0 Å². The van der Waals surface area contributed by atoms with Crippen molar-refractivity contribution in [2.75, 3.05) is 21.1 Å². The van der Waals surface area contributed by atoms with Crippen LogP contribution in [0, 0.1) is 37.2 Å². The van der Waals surface area contributed by atoms with E-state index in [0.29, 0.717) is 0 Å². The fraction of sp³-hybridized carbons (Fsp3) is 1.00. The van der Waals surface area contributed by atoms with E-state index in [2.05, 4.69) is 0 Å². The summed E-state index contributed by atoms with van der Waals surface area (Å²) in [5, 5.41) is 0. The van der Waals surface area contributed by atoms with E-state index in [1.807, 2.05) is 26.0 Å². The van der Waals surface area contributed by atoms with Gasteiger partial charge in [0.1, 0.15) is 0 Å². The first-order chi connectivity index (χ1) is 1.73. The van der Waals surface area contributed by atoms with Gasteiger partial charge in [0.25, 0.3) is 0 Å². The molecule has 7 heavy (non-hydrogen) atoms. The minimum atomic E-state index is 0. The van der Waals surface area contributed by atoms with Crippen molar-refractivity contribution in [3.05, 3.63) is 0 Å². The topological polar surface area (TPSA) is 3.24 Å². The molecule has 0 aliphatic heterocycles. The molecule has 1 nitrogen and oxygen atoms in total. The van der Waals surface area contributed by atoms with Crippen LogP contribution in [0.25, 0.3) is 0 Å².